The van der Waals surface area contributed by atoms with Crippen LogP contribution in [0.15, 0.2) is 46.9 Å². The first-order valence-electron chi connectivity index (χ1n) is 7.86. The number of hydrogen-bond donors (Lipinski definition) is 0. The van der Waals surface area contributed by atoms with Gasteiger partial charge in [-0.25, -0.2) is 0 Å². The summed E-state index contributed by atoms with van der Waals surface area (Å²) in [6, 6.07) is 16.5. The van der Waals surface area contributed by atoms with E-state index in [1.807, 2.05) is 18.2 Å². The third-order valence-corrected chi connectivity index (χ3v) is 5.30. The van der Waals surface area contributed by atoms with Crippen LogP contribution in [-0.4, -0.2) is 24.6 Å². The van der Waals surface area contributed by atoms with Gasteiger partial charge < -0.3 is 4.74 Å². The van der Waals surface area contributed by atoms with Gasteiger partial charge in [-0.3, -0.25) is 4.90 Å². The molecule has 2 aromatic rings. The van der Waals surface area contributed by atoms with Crippen LogP contribution in [0, 0.1) is 17.2 Å². The number of fused-ring (bicyclic) bond motifs is 3. The lowest BCUT2D eigenvalue weighted by atomic mass is 9.86. The molecule has 0 radical (unpaired) electrons. The van der Waals surface area contributed by atoms with E-state index in [1.54, 1.807) is 0 Å². The van der Waals surface area contributed by atoms with Gasteiger partial charge in [0.1, 0.15) is 5.75 Å². The van der Waals surface area contributed by atoms with Crippen molar-refractivity contribution >= 4 is 28.3 Å². The van der Waals surface area contributed by atoms with Gasteiger partial charge in [0.25, 0.3) is 0 Å². The lowest BCUT2D eigenvalue weighted by Crippen LogP contribution is -2.25. The SMILES string of the molecule is Cl.N#Cc1ccc2c(c1)[C@H]1CN(Cc3cccc(Br)c3)C[C@@H]1CO2. The molecule has 2 heterocycles. The normalized spacial score (nSPS) is 21.8. The summed E-state index contributed by atoms with van der Waals surface area (Å²) in [5, 5.41) is 9.15. The van der Waals surface area contributed by atoms with Crippen LogP contribution in [0.4, 0.5) is 0 Å². The van der Waals surface area contributed by atoms with Crippen molar-refractivity contribution in [3.05, 3.63) is 63.6 Å². The second kappa shape index (κ2) is 7.14. The second-order valence-corrected chi connectivity index (χ2v) is 7.28. The molecule has 0 aliphatic carbocycles. The number of ether oxygens (including phenoxy) is 1. The van der Waals surface area contributed by atoms with Gasteiger partial charge in [-0.1, -0.05) is 28.1 Å². The van der Waals surface area contributed by atoms with Gasteiger partial charge in [0, 0.05) is 41.5 Å². The van der Waals surface area contributed by atoms with Crippen molar-refractivity contribution in [1.82, 2.24) is 4.90 Å². The predicted molar refractivity (Wildman–Crippen MR) is 99.6 cm³/mol. The molecule has 0 spiro atoms. The highest BCUT2D eigenvalue weighted by Gasteiger charge is 2.38. The number of halogens is 2. The van der Waals surface area contributed by atoms with E-state index in [1.165, 1.54) is 11.1 Å². The number of rotatable bonds is 2. The van der Waals surface area contributed by atoms with E-state index in [4.69, 9.17) is 10.00 Å². The lowest BCUT2D eigenvalue weighted by Gasteiger charge is -2.27. The standard InChI is InChI=1S/C19H17BrN2O.ClH/c20-16-3-1-2-14(6-16)9-22-10-15-12-23-19-5-4-13(8-21)7-17(19)18(15)11-22;/h1-7,15,18H,9-12H2;1H/t15-,18+;/m1./s1. The number of nitrogens with zero attached hydrogens (tertiary/aromatic N) is 2. The van der Waals surface area contributed by atoms with Gasteiger partial charge >= 0.3 is 0 Å². The molecule has 124 valence electrons. The fourth-order valence-electron chi connectivity index (χ4n) is 3.74. The highest BCUT2D eigenvalue weighted by atomic mass is 79.9. The molecule has 0 N–H and O–H groups in total. The second-order valence-electron chi connectivity index (χ2n) is 6.37. The molecular weight excluding hydrogens is 388 g/mol. The molecule has 2 aliphatic rings. The Bertz CT molecular complexity index is 789. The van der Waals surface area contributed by atoms with E-state index in [2.05, 4.69) is 51.2 Å². The summed E-state index contributed by atoms with van der Waals surface area (Å²) >= 11 is 3.54. The van der Waals surface area contributed by atoms with Gasteiger partial charge in [-0.05, 0) is 35.9 Å². The lowest BCUT2D eigenvalue weighted by molar-refractivity contribution is 0.212. The van der Waals surface area contributed by atoms with Crippen LogP contribution in [-0.2, 0) is 6.54 Å². The smallest absolute Gasteiger partial charge is 0.122 e. The van der Waals surface area contributed by atoms with Gasteiger partial charge in [-0.15, -0.1) is 12.4 Å². The Balaban J connectivity index is 0.00000169. The summed E-state index contributed by atoms with van der Waals surface area (Å²) in [5.74, 6) is 1.94. The molecule has 5 heteroatoms. The number of benzene rings is 2. The molecule has 1 saturated heterocycles. The third kappa shape index (κ3) is 3.30. The minimum absolute atomic E-state index is 0. The zero-order valence-electron chi connectivity index (χ0n) is 13.1. The molecule has 4 rings (SSSR count). The highest BCUT2D eigenvalue weighted by Crippen LogP contribution is 2.42. The van der Waals surface area contributed by atoms with Gasteiger partial charge in [0.05, 0.1) is 18.2 Å². The molecule has 2 atom stereocenters. The highest BCUT2D eigenvalue weighted by molar-refractivity contribution is 9.10. The molecule has 0 saturated carbocycles. The molecule has 2 aromatic carbocycles. The Morgan fingerprint density at radius 3 is 2.88 bits per heavy atom. The Hall–Kier alpha value is -1.54. The summed E-state index contributed by atoms with van der Waals surface area (Å²) in [5.41, 5.74) is 3.25. The summed E-state index contributed by atoms with van der Waals surface area (Å²) in [7, 11) is 0. The Labute approximate surface area is 156 Å². The summed E-state index contributed by atoms with van der Waals surface area (Å²) < 4.78 is 7.03. The van der Waals surface area contributed by atoms with Crippen LogP contribution in [0.3, 0.4) is 0 Å². The third-order valence-electron chi connectivity index (χ3n) is 4.80. The molecule has 3 nitrogen and oxygen atoms in total. The number of hydrogen-bond acceptors (Lipinski definition) is 3. The van der Waals surface area contributed by atoms with E-state index in [0.29, 0.717) is 11.8 Å². The van der Waals surface area contributed by atoms with E-state index in [0.717, 1.165) is 42.0 Å². The number of likely N-dealkylation sites (tertiary alicyclic amines) is 1. The minimum Gasteiger partial charge on any atom is -0.493 e. The summed E-state index contributed by atoms with van der Waals surface area (Å²) in [4.78, 5) is 2.49. The Morgan fingerprint density at radius 1 is 1.21 bits per heavy atom. The summed E-state index contributed by atoms with van der Waals surface area (Å²) in [6.07, 6.45) is 0. The predicted octanol–water partition coefficient (Wildman–Crippen LogP) is 4.35. The molecule has 1 fully saturated rings. The van der Waals surface area contributed by atoms with Crippen molar-refractivity contribution < 1.29 is 4.74 Å². The van der Waals surface area contributed by atoms with Crippen LogP contribution in [0.1, 0.15) is 22.6 Å². The number of nitriles is 1. The maximum atomic E-state index is 9.15. The summed E-state index contributed by atoms with van der Waals surface area (Å²) in [6.45, 7) is 3.81. The first kappa shape index (κ1) is 17.3. The molecule has 0 amide bonds. The van der Waals surface area contributed by atoms with Crippen molar-refractivity contribution in [2.75, 3.05) is 19.7 Å². The maximum absolute atomic E-state index is 9.15. The van der Waals surface area contributed by atoms with Crippen molar-refractivity contribution in [2.45, 2.75) is 12.5 Å². The van der Waals surface area contributed by atoms with Crippen molar-refractivity contribution in [1.29, 1.82) is 5.26 Å². The first-order valence-corrected chi connectivity index (χ1v) is 8.66. The fourth-order valence-corrected chi connectivity index (χ4v) is 4.19. The van der Waals surface area contributed by atoms with Crippen LogP contribution >= 0.6 is 28.3 Å². The Kier molecular flexibility index (Phi) is 5.15. The van der Waals surface area contributed by atoms with Crippen LogP contribution in [0.5, 0.6) is 5.75 Å². The van der Waals surface area contributed by atoms with E-state index in [9.17, 15) is 0 Å². The fraction of sp³-hybridized carbons (Fsp3) is 0.316. The van der Waals surface area contributed by atoms with E-state index < -0.39 is 0 Å². The first-order chi connectivity index (χ1) is 11.2. The molecule has 2 aliphatic heterocycles. The van der Waals surface area contributed by atoms with Crippen molar-refractivity contribution in [3.8, 4) is 11.8 Å². The van der Waals surface area contributed by atoms with Crippen LogP contribution in [0.2, 0.25) is 0 Å². The largest absolute Gasteiger partial charge is 0.493 e. The average molecular weight is 406 g/mol. The topological polar surface area (TPSA) is 36.3 Å². The van der Waals surface area contributed by atoms with Gasteiger partial charge in [0.15, 0.2) is 0 Å². The van der Waals surface area contributed by atoms with E-state index >= 15 is 0 Å². The van der Waals surface area contributed by atoms with Gasteiger partial charge in [-0.2, -0.15) is 5.26 Å². The maximum Gasteiger partial charge on any atom is 0.122 e. The van der Waals surface area contributed by atoms with E-state index in [-0.39, 0.29) is 12.4 Å². The molecule has 0 unspecified atom stereocenters. The molecular formula is C19H18BrClN2O. The Morgan fingerprint density at radius 2 is 2.08 bits per heavy atom. The molecule has 0 aromatic heterocycles. The van der Waals surface area contributed by atoms with Gasteiger partial charge in [0.2, 0.25) is 0 Å². The van der Waals surface area contributed by atoms with Crippen LogP contribution in [0.25, 0.3) is 0 Å². The van der Waals surface area contributed by atoms with Crippen LogP contribution < -0.4 is 4.74 Å². The zero-order chi connectivity index (χ0) is 15.8. The van der Waals surface area contributed by atoms with Crippen molar-refractivity contribution in [3.63, 3.8) is 0 Å². The quantitative estimate of drug-likeness (QED) is 0.745. The monoisotopic (exact) mass is 404 g/mol. The minimum atomic E-state index is 0. The molecule has 0 bridgehead atoms. The van der Waals surface area contributed by atoms with Crippen molar-refractivity contribution in [2.24, 2.45) is 5.92 Å². The average Bonchev–Trinajstić information content (AvgIpc) is 2.97. The molecule has 24 heavy (non-hydrogen) atoms. The zero-order valence-corrected chi connectivity index (χ0v) is 15.5.